The van der Waals surface area contributed by atoms with Gasteiger partial charge in [0, 0.05) is 39.1 Å². The summed E-state index contributed by atoms with van der Waals surface area (Å²) in [5, 5.41) is 2.49. The molecule has 0 N–H and O–H groups in total. The highest BCUT2D eigenvalue weighted by atomic mass is 32.1. The summed E-state index contributed by atoms with van der Waals surface area (Å²) in [6.45, 7) is 3.75. The number of amides is 1. The van der Waals surface area contributed by atoms with Gasteiger partial charge in [-0.05, 0) is 18.5 Å². The third-order valence-corrected chi connectivity index (χ3v) is 4.69. The average molecular weight is 306 g/mol. The van der Waals surface area contributed by atoms with Crippen LogP contribution in [-0.2, 0) is 11.3 Å². The van der Waals surface area contributed by atoms with E-state index in [0.717, 1.165) is 31.0 Å². The summed E-state index contributed by atoms with van der Waals surface area (Å²) in [5.41, 5.74) is -0.0626. The highest BCUT2D eigenvalue weighted by Gasteiger charge is 2.18. The molecule has 0 unspecified atom stereocenters. The second kappa shape index (κ2) is 5.95. The molecule has 0 spiro atoms. The highest BCUT2D eigenvalue weighted by molar-refractivity contribution is 7.16. The largest absolute Gasteiger partial charge is 0.340 e. The zero-order valence-electron chi connectivity index (χ0n) is 12.0. The van der Waals surface area contributed by atoms with Crippen molar-refractivity contribution in [1.82, 2.24) is 19.4 Å². The number of hydrogen-bond acceptors (Lipinski definition) is 5. The van der Waals surface area contributed by atoms with Crippen molar-refractivity contribution in [2.24, 2.45) is 0 Å². The van der Waals surface area contributed by atoms with E-state index >= 15 is 0 Å². The van der Waals surface area contributed by atoms with E-state index in [9.17, 15) is 9.59 Å². The van der Waals surface area contributed by atoms with Gasteiger partial charge in [0.2, 0.25) is 5.91 Å². The monoisotopic (exact) mass is 306 g/mol. The summed E-state index contributed by atoms with van der Waals surface area (Å²) in [4.78, 5) is 33.5. The van der Waals surface area contributed by atoms with E-state index in [1.807, 2.05) is 10.3 Å². The van der Waals surface area contributed by atoms with Crippen molar-refractivity contribution < 1.29 is 4.79 Å². The Kier molecular flexibility index (Phi) is 4.03. The van der Waals surface area contributed by atoms with Crippen LogP contribution < -0.4 is 5.56 Å². The molecule has 1 amide bonds. The third kappa shape index (κ3) is 2.98. The molecule has 0 atom stereocenters. The zero-order valence-corrected chi connectivity index (χ0v) is 12.8. The van der Waals surface area contributed by atoms with E-state index in [2.05, 4.69) is 16.9 Å². The van der Waals surface area contributed by atoms with Gasteiger partial charge in [0.15, 0.2) is 0 Å². The van der Waals surface area contributed by atoms with Gasteiger partial charge in [-0.1, -0.05) is 0 Å². The van der Waals surface area contributed by atoms with E-state index in [4.69, 9.17) is 0 Å². The van der Waals surface area contributed by atoms with Crippen molar-refractivity contribution in [2.45, 2.75) is 13.0 Å². The zero-order chi connectivity index (χ0) is 14.8. The first kappa shape index (κ1) is 14.2. The Morgan fingerprint density at radius 1 is 1.33 bits per heavy atom. The van der Waals surface area contributed by atoms with Crippen LogP contribution in [0.15, 0.2) is 22.6 Å². The predicted molar refractivity (Wildman–Crippen MR) is 82.6 cm³/mol. The number of aryl methyl sites for hydroxylation is 1. The summed E-state index contributed by atoms with van der Waals surface area (Å²) in [6, 6.07) is 1.79. The fourth-order valence-corrected chi connectivity index (χ4v) is 3.21. The third-order valence-electron chi connectivity index (χ3n) is 3.87. The normalized spacial score (nSPS) is 16.5. The molecule has 0 bridgehead atoms. The fraction of sp³-hybridized carbons (Fsp3) is 0.500. The smallest absolute Gasteiger partial charge is 0.262 e. The Balaban J connectivity index is 1.65. The highest BCUT2D eigenvalue weighted by Crippen LogP contribution is 2.13. The maximum atomic E-state index is 12.2. The van der Waals surface area contributed by atoms with Crippen LogP contribution in [0.5, 0.6) is 0 Å². The van der Waals surface area contributed by atoms with E-state index in [1.165, 1.54) is 15.9 Å². The predicted octanol–water partition coefficient (Wildman–Crippen LogP) is 0.622. The molecule has 0 aromatic carbocycles. The van der Waals surface area contributed by atoms with E-state index in [1.54, 1.807) is 12.4 Å². The van der Waals surface area contributed by atoms with Gasteiger partial charge in [-0.2, -0.15) is 0 Å². The van der Waals surface area contributed by atoms with Crippen molar-refractivity contribution in [3.8, 4) is 0 Å². The molecule has 21 heavy (non-hydrogen) atoms. The first-order valence-electron chi connectivity index (χ1n) is 7.04. The SMILES string of the molecule is CN1CCN(C(=O)CCn2cnc3sccc3c2=O)CC1. The number of rotatable bonds is 3. The van der Waals surface area contributed by atoms with Gasteiger partial charge in [0.1, 0.15) is 4.83 Å². The van der Waals surface area contributed by atoms with Gasteiger partial charge < -0.3 is 9.80 Å². The maximum Gasteiger partial charge on any atom is 0.262 e. The molecule has 2 aromatic heterocycles. The number of fused-ring (bicyclic) bond motifs is 1. The molecule has 1 aliphatic heterocycles. The number of nitrogens with zero attached hydrogens (tertiary/aromatic N) is 4. The molecular weight excluding hydrogens is 288 g/mol. The molecule has 0 saturated carbocycles. The van der Waals surface area contributed by atoms with Crippen LogP contribution in [0.2, 0.25) is 0 Å². The van der Waals surface area contributed by atoms with Gasteiger partial charge >= 0.3 is 0 Å². The minimum absolute atomic E-state index is 0.0626. The lowest BCUT2D eigenvalue weighted by Gasteiger charge is -2.32. The standard InChI is InChI=1S/C14H18N4O2S/c1-16-5-7-17(8-6-16)12(19)2-4-18-10-15-13-11(14(18)20)3-9-21-13/h3,9-10H,2,4-8H2,1H3. The van der Waals surface area contributed by atoms with Crippen LogP contribution in [0.3, 0.4) is 0 Å². The summed E-state index contributed by atoms with van der Waals surface area (Å²) < 4.78 is 1.53. The van der Waals surface area contributed by atoms with Gasteiger partial charge in [0.25, 0.3) is 5.56 Å². The second-order valence-electron chi connectivity index (χ2n) is 5.32. The number of carbonyl (C=O) groups excluding carboxylic acids is 1. The van der Waals surface area contributed by atoms with Crippen LogP contribution in [0.25, 0.3) is 10.2 Å². The number of hydrogen-bond donors (Lipinski definition) is 0. The molecule has 1 aliphatic rings. The summed E-state index contributed by atoms with van der Waals surface area (Å²) >= 11 is 1.45. The first-order chi connectivity index (χ1) is 10.1. The Morgan fingerprint density at radius 2 is 2.10 bits per heavy atom. The first-order valence-corrected chi connectivity index (χ1v) is 7.92. The van der Waals surface area contributed by atoms with Gasteiger partial charge in [-0.3, -0.25) is 14.2 Å². The van der Waals surface area contributed by atoms with E-state index in [0.29, 0.717) is 18.4 Å². The van der Waals surface area contributed by atoms with Gasteiger partial charge in [-0.25, -0.2) is 4.98 Å². The number of thiophene rings is 1. The molecule has 1 saturated heterocycles. The van der Waals surface area contributed by atoms with Crippen LogP contribution in [0.4, 0.5) is 0 Å². The minimum atomic E-state index is -0.0626. The van der Waals surface area contributed by atoms with Crippen molar-refractivity contribution in [2.75, 3.05) is 33.2 Å². The van der Waals surface area contributed by atoms with Crippen molar-refractivity contribution in [3.63, 3.8) is 0 Å². The van der Waals surface area contributed by atoms with Crippen LogP contribution in [0.1, 0.15) is 6.42 Å². The Bertz CT molecular complexity index is 700. The Morgan fingerprint density at radius 3 is 2.86 bits per heavy atom. The van der Waals surface area contributed by atoms with Gasteiger partial charge in [-0.15, -0.1) is 11.3 Å². The van der Waals surface area contributed by atoms with Gasteiger partial charge in [0.05, 0.1) is 11.7 Å². The molecule has 1 fully saturated rings. The van der Waals surface area contributed by atoms with E-state index in [-0.39, 0.29) is 11.5 Å². The molecule has 0 aliphatic carbocycles. The molecule has 0 radical (unpaired) electrons. The Hall–Kier alpha value is -1.73. The maximum absolute atomic E-state index is 12.2. The fourth-order valence-electron chi connectivity index (χ4n) is 2.48. The molecule has 112 valence electrons. The molecule has 6 nitrogen and oxygen atoms in total. The number of carbonyl (C=O) groups is 1. The second-order valence-corrected chi connectivity index (χ2v) is 6.21. The molecule has 2 aromatic rings. The molecule has 7 heteroatoms. The number of likely N-dealkylation sites (N-methyl/N-ethyl adjacent to an activating group) is 1. The summed E-state index contributed by atoms with van der Waals surface area (Å²) in [6.07, 6.45) is 1.89. The van der Waals surface area contributed by atoms with Crippen LogP contribution >= 0.6 is 11.3 Å². The lowest BCUT2D eigenvalue weighted by atomic mass is 10.3. The van der Waals surface area contributed by atoms with Crippen molar-refractivity contribution in [3.05, 3.63) is 28.1 Å². The van der Waals surface area contributed by atoms with Crippen molar-refractivity contribution in [1.29, 1.82) is 0 Å². The summed E-state index contributed by atoms with van der Waals surface area (Å²) in [5.74, 6) is 0.111. The van der Waals surface area contributed by atoms with Crippen LogP contribution in [-0.4, -0.2) is 58.5 Å². The molecular formula is C14H18N4O2S. The topological polar surface area (TPSA) is 58.4 Å². The van der Waals surface area contributed by atoms with E-state index < -0.39 is 0 Å². The lowest BCUT2D eigenvalue weighted by molar-refractivity contribution is -0.133. The lowest BCUT2D eigenvalue weighted by Crippen LogP contribution is -2.47. The minimum Gasteiger partial charge on any atom is -0.340 e. The number of aromatic nitrogens is 2. The molecule has 3 heterocycles. The number of piperazine rings is 1. The summed E-state index contributed by atoms with van der Waals surface area (Å²) in [7, 11) is 2.06. The quantitative estimate of drug-likeness (QED) is 0.834. The Labute approximate surface area is 126 Å². The van der Waals surface area contributed by atoms with Crippen LogP contribution in [0, 0.1) is 0 Å². The molecule has 3 rings (SSSR count). The van der Waals surface area contributed by atoms with Crippen molar-refractivity contribution >= 4 is 27.5 Å². The average Bonchev–Trinajstić information content (AvgIpc) is 2.96.